The number of amides is 3. The number of rotatable bonds is 2. The van der Waals surface area contributed by atoms with E-state index < -0.39 is 17.7 Å². The Morgan fingerprint density at radius 3 is 2.68 bits per heavy atom. The second kappa shape index (κ2) is 6.55. The number of pyridine rings is 1. The summed E-state index contributed by atoms with van der Waals surface area (Å²) < 4.78 is 0. The molecule has 0 aromatic carbocycles. The van der Waals surface area contributed by atoms with Gasteiger partial charge in [0.15, 0.2) is 0 Å². The summed E-state index contributed by atoms with van der Waals surface area (Å²) in [5.74, 6) is -1.56. The third-order valence-corrected chi connectivity index (χ3v) is 3.85. The molecule has 1 aliphatic heterocycles. The summed E-state index contributed by atoms with van der Waals surface area (Å²) in [5.41, 5.74) is 5.60. The topological polar surface area (TPSA) is 105 Å². The normalized spacial score (nSPS) is 21.3. The summed E-state index contributed by atoms with van der Waals surface area (Å²) in [6.07, 6.45) is 4.60. The Labute approximate surface area is 128 Å². The zero-order valence-electron chi connectivity index (χ0n) is 12.7. The molecule has 118 valence electrons. The molecule has 1 saturated heterocycles. The number of likely N-dealkylation sites (tertiary alicyclic amines) is 1. The minimum Gasteiger partial charge on any atom is -0.366 e. The molecule has 2 atom stereocenters. The predicted octanol–water partition coefficient (Wildman–Crippen LogP) is 0.766. The number of hydrogen-bond donors (Lipinski definition) is 2. The Morgan fingerprint density at radius 2 is 2.00 bits per heavy atom. The van der Waals surface area contributed by atoms with Crippen molar-refractivity contribution < 1.29 is 14.4 Å². The molecule has 3 amide bonds. The fourth-order valence-corrected chi connectivity index (χ4v) is 2.53. The van der Waals surface area contributed by atoms with Crippen LogP contribution < -0.4 is 11.1 Å². The van der Waals surface area contributed by atoms with Gasteiger partial charge in [0, 0.05) is 18.8 Å². The number of carbonyl (C=O) groups is 3. The van der Waals surface area contributed by atoms with Gasteiger partial charge >= 0.3 is 11.8 Å². The minimum absolute atomic E-state index is 0.0459. The number of nitrogens with two attached hydrogens (primary N) is 1. The van der Waals surface area contributed by atoms with E-state index in [0.29, 0.717) is 12.5 Å². The van der Waals surface area contributed by atoms with Gasteiger partial charge in [-0.25, -0.2) is 0 Å². The number of primary amides is 1. The van der Waals surface area contributed by atoms with Crippen molar-refractivity contribution >= 4 is 23.4 Å². The van der Waals surface area contributed by atoms with Crippen molar-refractivity contribution in [2.24, 2.45) is 11.7 Å². The van der Waals surface area contributed by atoms with Gasteiger partial charge in [-0.05, 0) is 31.7 Å². The largest absolute Gasteiger partial charge is 0.366 e. The Morgan fingerprint density at radius 1 is 1.27 bits per heavy atom. The molecule has 1 aromatic rings. The maximum absolute atomic E-state index is 12.3. The molecule has 0 aliphatic carbocycles. The number of nitrogens with zero attached hydrogens (tertiary/aromatic N) is 2. The summed E-state index contributed by atoms with van der Waals surface area (Å²) in [7, 11) is 0. The number of hydrogen-bond acceptors (Lipinski definition) is 4. The van der Waals surface area contributed by atoms with Gasteiger partial charge in [0.05, 0.1) is 17.4 Å². The van der Waals surface area contributed by atoms with E-state index in [1.807, 2.05) is 6.92 Å². The van der Waals surface area contributed by atoms with Crippen LogP contribution in [0, 0.1) is 5.92 Å². The van der Waals surface area contributed by atoms with Gasteiger partial charge in [-0.3, -0.25) is 19.4 Å². The van der Waals surface area contributed by atoms with Crippen molar-refractivity contribution in [2.75, 3.05) is 11.9 Å². The highest BCUT2D eigenvalue weighted by molar-refractivity contribution is 6.39. The van der Waals surface area contributed by atoms with E-state index in [4.69, 9.17) is 5.73 Å². The number of anilines is 1. The average molecular weight is 304 g/mol. The lowest BCUT2D eigenvalue weighted by Crippen LogP contribution is -2.49. The SMILES string of the molecule is C[C@H]1CC[C@H](C)N(C(=O)C(=O)Nc2cncc(C(N)=O)c2)C1. The molecule has 0 radical (unpaired) electrons. The third kappa shape index (κ3) is 3.60. The van der Waals surface area contributed by atoms with Gasteiger partial charge < -0.3 is 16.0 Å². The van der Waals surface area contributed by atoms with Gasteiger partial charge in [-0.15, -0.1) is 0 Å². The monoisotopic (exact) mass is 304 g/mol. The van der Waals surface area contributed by atoms with Gasteiger partial charge in [-0.2, -0.15) is 0 Å². The second-order valence-electron chi connectivity index (χ2n) is 5.77. The van der Waals surface area contributed by atoms with Crippen LogP contribution in [0.25, 0.3) is 0 Å². The van der Waals surface area contributed by atoms with E-state index in [1.165, 1.54) is 18.5 Å². The van der Waals surface area contributed by atoms with Crippen LogP contribution in [0.15, 0.2) is 18.5 Å². The number of carbonyl (C=O) groups excluding carboxylic acids is 3. The highest BCUT2D eigenvalue weighted by atomic mass is 16.2. The van der Waals surface area contributed by atoms with Crippen LogP contribution in [-0.4, -0.2) is 40.2 Å². The molecule has 3 N–H and O–H groups in total. The van der Waals surface area contributed by atoms with Crippen molar-refractivity contribution in [2.45, 2.75) is 32.7 Å². The number of nitrogens with one attached hydrogen (secondary N) is 1. The maximum atomic E-state index is 12.3. The minimum atomic E-state index is -0.732. The zero-order valence-corrected chi connectivity index (χ0v) is 12.7. The quantitative estimate of drug-likeness (QED) is 0.787. The first-order valence-corrected chi connectivity index (χ1v) is 7.25. The molecule has 2 heterocycles. The Balaban J connectivity index is 2.06. The van der Waals surface area contributed by atoms with E-state index in [1.54, 1.807) is 4.90 Å². The summed E-state index contributed by atoms with van der Waals surface area (Å²) >= 11 is 0. The Bertz CT molecular complexity index is 602. The standard InChI is InChI=1S/C15H20N4O3/c1-9-3-4-10(2)19(8-9)15(22)14(21)18-12-5-11(13(16)20)6-17-7-12/h5-7,9-10H,3-4,8H2,1-2H3,(H2,16,20)(H,18,21)/t9-,10-/m0/s1. The van der Waals surface area contributed by atoms with E-state index >= 15 is 0 Å². The lowest BCUT2D eigenvalue weighted by molar-refractivity contribution is -0.146. The van der Waals surface area contributed by atoms with Crippen LogP contribution in [-0.2, 0) is 9.59 Å². The average Bonchev–Trinajstić information content (AvgIpc) is 2.49. The van der Waals surface area contributed by atoms with Crippen molar-refractivity contribution in [3.8, 4) is 0 Å². The molecule has 7 heteroatoms. The van der Waals surface area contributed by atoms with Crippen LogP contribution in [0.3, 0.4) is 0 Å². The van der Waals surface area contributed by atoms with Crippen LogP contribution in [0.5, 0.6) is 0 Å². The Kier molecular flexibility index (Phi) is 4.75. The van der Waals surface area contributed by atoms with Gasteiger partial charge in [-0.1, -0.05) is 6.92 Å². The fraction of sp³-hybridized carbons (Fsp3) is 0.467. The third-order valence-electron chi connectivity index (χ3n) is 3.85. The molecule has 2 rings (SSSR count). The van der Waals surface area contributed by atoms with Crippen molar-refractivity contribution in [3.05, 3.63) is 24.0 Å². The summed E-state index contributed by atoms with van der Waals surface area (Å²) in [6.45, 7) is 4.57. The Hall–Kier alpha value is -2.44. The van der Waals surface area contributed by atoms with Crippen molar-refractivity contribution in [1.29, 1.82) is 0 Å². The molecule has 7 nitrogen and oxygen atoms in total. The molecule has 1 aromatic heterocycles. The molecular weight excluding hydrogens is 284 g/mol. The molecule has 0 saturated carbocycles. The predicted molar refractivity (Wildman–Crippen MR) is 81.0 cm³/mol. The lowest BCUT2D eigenvalue weighted by atomic mass is 9.95. The number of piperidine rings is 1. The number of aromatic nitrogens is 1. The molecule has 1 fully saturated rings. The summed E-state index contributed by atoms with van der Waals surface area (Å²) in [4.78, 5) is 40.9. The van der Waals surface area contributed by atoms with Crippen LogP contribution in [0.1, 0.15) is 37.0 Å². The van der Waals surface area contributed by atoms with E-state index in [2.05, 4.69) is 17.2 Å². The smallest absolute Gasteiger partial charge is 0.313 e. The van der Waals surface area contributed by atoms with E-state index in [9.17, 15) is 14.4 Å². The lowest BCUT2D eigenvalue weighted by Gasteiger charge is -2.36. The molecule has 0 unspecified atom stereocenters. The van der Waals surface area contributed by atoms with Crippen LogP contribution >= 0.6 is 0 Å². The van der Waals surface area contributed by atoms with Gasteiger partial charge in [0.2, 0.25) is 5.91 Å². The van der Waals surface area contributed by atoms with Crippen molar-refractivity contribution in [3.63, 3.8) is 0 Å². The summed E-state index contributed by atoms with van der Waals surface area (Å²) in [6, 6.07) is 1.44. The van der Waals surface area contributed by atoms with Crippen LogP contribution in [0.4, 0.5) is 5.69 Å². The molecule has 0 spiro atoms. The summed E-state index contributed by atoms with van der Waals surface area (Å²) in [5, 5.41) is 2.47. The zero-order chi connectivity index (χ0) is 16.3. The van der Waals surface area contributed by atoms with Crippen molar-refractivity contribution in [1.82, 2.24) is 9.88 Å². The van der Waals surface area contributed by atoms with Gasteiger partial charge in [0.25, 0.3) is 0 Å². The highest BCUT2D eigenvalue weighted by Gasteiger charge is 2.30. The van der Waals surface area contributed by atoms with E-state index in [-0.39, 0.29) is 17.3 Å². The second-order valence-corrected chi connectivity index (χ2v) is 5.77. The van der Waals surface area contributed by atoms with Crippen LogP contribution in [0.2, 0.25) is 0 Å². The highest BCUT2D eigenvalue weighted by Crippen LogP contribution is 2.21. The molecule has 0 bridgehead atoms. The van der Waals surface area contributed by atoms with Gasteiger partial charge in [0.1, 0.15) is 0 Å². The maximum Gasteiger partial charge on any atom is 0.313 e. The first-order valence-electron chi connectivity index (χ1n) is 7.25. The molecular formula is C15H20N4O3. The van der Waals surface area contributed by atoms with E-state index in [0.717, 1.165) is 12.8 Å². The fourth-order valence-electron chi connectivity index (χ4n) is 2.53. The first-order chi connectivity index (χ1) is 10.4. The molecule has 1 aliphatic rings. The molecule has 22 heavy (non-hydrogen) atoms. The first kappa shape index (κ1) is 15.9.